The molecule has 0 aliphatic rings. The van der Waals surface area contributed by atoms with Gasteiger partial charge in [-0.25, -0.2) is 17.6 Å². The second-order valence-corrected chi connectivity index (χ2v) is 5.84. The van der Waals surface area contributed by atoms with Crippen LogP contribution in [0.25, 0.3) is 0 Å². The van der Waals surface area contributed by atoms with E-state index in [-0.39, 0.29) is 5.56 Å². The second kappa shape index (κ2) is 6.15. The summed E-state index contributed by atoms with van der Waals surface area (Å²) in [5, 5.41) is 3.35. The quantitative estimate of drug-likeness (QED) is 0.458. The van der Waals surface area contributed by atoms with Gasteiger partial charge in [0, 0.05) is 10.3 Å². The molecule has 1 aromatic heterocycles. The van der Waals surface area contributed by atoms with Crippen LogP contribution in [0.15, 0.2) is 15.9 Å². The zero-order chi connectivity index (χ0) is 15.7. The maximum absolute atomic E-state index is 13.6. The number of anilines is 1. The van der Waals surface area contributed by atoms with Gasteiger partial charge in [0.2, 0.25) is 0 Å². The Bertz CT molecular complexity index is 687. The van der Waals surface area contributed by atoms with Crippen LogP contribution in [0.5, 0.6) is 0 Å². The van der Waals surface area contributed by atoms with Crippen molar-refractivity contribution in [3.05, 3.63) is 49.6 Å². The average Bonchev–Trinajstić information content (AvgIpc) is 2.96. The number of hydrogen-bond acceptors (Lipinski definition) is 2. The van der Waals surface area contributed by atoms with Crippen LogP contribution in [0, 0.1) is 23.3 Å². The molecule has 1 aromatic carbocycles. The fraction of sp³-hybridized carbons (Fsp3) is 0.154. The van der Waals surface area contributed by atoms with Gasteiger partial charge in [-0.15, -0.1) is 11.3 Å². The molecule has 2 nitrogen and oxygen atoms in total. The van der Waals surface area contributed by atoms with E-state index in [1.165, 1.54) is 16.7 Å². The van der Waals surface area contributed by atoms with Crippen LogP contribution in [0.1, 0.15) is 22.2 Å². The predicted octanol–water partition coefficient (Wildman–Crippen LogP) is 4.88. The maximum atomic E-state index is 13.6. The number of hydrogen-bond donors (Lipinski definition) is 1. The summed E-state index contributed by atoms with van der Waals surface area (Å²) in [6.45, 7) is 1.88. The smallest absolute Gasteiger partial charge is 0.256 e. The maximum Gasteiger partial charge on any atom is 0.256 e. The monoisotopic (exact) mass is 381 g/mol. The topological polar surface area (TPSA) is 29.1 Å². The van der Waals surface area contributed by atoms with Crippen molar-refractivity contribution in [2.75, 3.05) is 5.32 Å². The molecule has 0 unspecified atom stereocenters. The molecule has 1 amide bonds. The van der Waals surface area contributed by atoms with Gasteiger partial charge in [-0.05, 0) is 28.4 Å². The van der Waals surface area contributed by atoms with E-state index in [9.17, 15) is 22.4 Å². The highest BCUT2D eigenvalue weighted by molar-refractivity contribution is 9.10. The van der Waals surface area contributed by atoms with Gasteiger partial charge in [0.25, 0.3) is 5.91 Å². The Morgan fingerprint density at radius 1 is 1.19 bits per heavy atom. The minimum atomic E-state index is -1.67. The van der Waals surface area contributed by atoms with Crippen LogP contribution >= 0.6 is 27.3 Å². The van der Waals surface area contributed by atoms with E-state index in [1.807, 2.05) is 12.2 Å². The minimum absolute atomic E-state index is 0.166. The van der Waals surface area contributed by atoms with Crippen LogP contribution in [-0.4, -0.2) is 5.91 Å². The van der Waals surface area contributed by atoms with E-state index in [0.29, 0.717) is 6.42 Å². The van der Waals surface area contributed by atoms with Crippen molar-refractivity contribution in [1.29, 1.82) is 0 Å². The molecule has 0 aliphatic heterocycles. The summed E-state index contributed by atoms with van der Waals surface area (Å²) in [4.78, 5) is 12.8. The minimum Gasteiger partial charge on any atom is -0.317 e. The van der Waals surface area contributed by atoms with E-state index in [2.05, 4.69) is 15.9 Å². The van der Waals surface area contributed by atoms with Crippen molar-refractivity contribution in [2.24, 2.45) is 0 Å². The van der Waals surface area contributed by atoms with Crippen LogP contribution < -0.4 is 5.32 Å². The number of carbonyl (C=O) groups is 1. The molecule has 0 radical (unpaired) electrons. The molecule has 0 saturated heterocycles. The van der Waals surface area contributed by atoms with Crippen molar-refractivity contribution >= 4 is 38.9 Å². The van der Waals surface area contributed by atoms with Crippen molar-refractivity contribution in [2.45, 2.75) is 13.3 Å². The van der Waals surface area contributed by atoms with Crippen molar-refractivity contribution < 1.29 is 22.4 Å². The first-order valence-electron chi connectivity index (χ1n) is 5.77. The van der Waals surface area contributed by atoms with E-state index in [1.54, 1.807) is 6.07 Å². The van der Waals surface area contributed by atoms with E-state index >= 15 is 0 Å². The zero-order valence-corrected chi connectivity index (χ0v) is 13.0. The molecule has 0 atom stereocenters. The first kappa shape index (κ1) is 16.0. The van der Waals surface area contributed by atoms with Crippen molar-refractivity contribution in [3.8, 4) is 0 Å². The SMILES string of the molecule is CCc1cc(C(=O)Nc2c(F)c(F)c(Br)c(F)c2F)cs1. The molecule has 112 valence electrons. The standard InChI is InChI=1S/C13H8BrF4NOS/c1-2-6-3-5(4-21-6)13(20)19-12-10(17)8(15)7(14)9(16)11(12)18/h3-4H,2H2,1H3,(H,19,20). The molecular formula is C13H8BrF4NOS. The third-order valence-corrected chi connectivity index (χ3v) is 4.49. The third-order valence-electron chi connectivity index (χ3n) is 2.71. The number of amides is 1. The van der Waals surface area contributed by atoms with Gasteiger partial charge in [-0.3, -0.25) is 4.79 Å². The summed E-state index contributed by atoms with van der Waals surface area (Å²) in [6, 6.07) is 1.54. The van der Waals surface area contributed by atoms with E-state index in [4.69, 9.17) is 0 Å². The lowest BCUT2D eigenvalue weighted by atomic mass is 10.2. The van der Waals surface area contributed by atoms with Gasteiger partial charge in [0.05, 0.1) is 10.0 Å². The predicted molar refractivity (Wildman–Crippen MR) is 75.6 cm³/mol. The Kier molecular flexibility index (Phi) is 4.67. The molecular weight excluding hydrogens is 374 g/mol. The molecule has 0 saturated carbocycles. The van der Waals surface area contributed by atoms with Crippen LogP contribution in [-0.2, 0) is 6.42 Å². The van der Waals surface area contributed by atoms with Gasteiger partial charge in [-0.2, -0.15) is 0 Å². The summed E-state index contributed by atoms with van der Waals surface area (Å²) in [6.07, 6.45) is 0.697. The molecule has 0 spiro atoms. The van der Waals surface area contributed by atoms with Crippen molar-refractivity contribution in [3.63, 3.8) is 0 Å². The Balaban J connectivity index is 2.38. The summed E-state index contributed by atoms with van der Waals surface area (Å²) in [5.74, 6) is -7.39. The van der Waals surface area contributed by atoms with Crippen LogP contribution in [0.3, 0.4) is 0 Å². The fourth-order valence-electron chi connectivity index (χ4n) is 1.59. The molecule has 1 heterocycles. The number of benzene rings is 1. The lowest BCUT2D eigenvalue weighted by Gasteiger charge is -2.09. The Labute approximate surface area is 129 Å². The summed E-state index contributed by atoms with van der Waals surface area (Å²) < 4.78 is 53.0. The van der Waals surface area contributed by atoms with Gasteiger partial charge in [-0.1, -0.05) is 6.92 Å². The summed E-state index contributed by atoms with van der Waals surface area (Å²) >= 11 is 3.70. The van der Waals surface area contributed by atoms with Crippen LogP contribution in [0.4, 0.5) is 23.2 Å². The average molecular weight is 382 g/mol. The molecule has 2 rings (SSSR count). The van der Waals surface area contributed by atoms with E-state index in [0.717, 1.165) is 4.88 Å². The summed E-state index contributed by atoms with van der Waals surface area (Å²) in [7, 11) is 0. The van der Waals surface area contributed by atoms with Gasteiger partial charge >= 0.3 is 0 Å². The molecule has 21 heavy (non-hydrogen) atoms. The highest BCUT2D eigenvalue weighted by atomic mass is 79.9. The lowest BCUT2D eigenvalue weighted by molar-refractivity contribution is 0.102. The lowest BCUT2D eigenvalue weighted by Crippen LogP contribution is -2.15. The highest BCUT2D eigenvalue weighted by Crippen LogP contribution is 2.31. The molecule has 0 fully saturated rings. The normalized spacial score (nSPS) is 10.8. The number of aryl methyl sites for hydroxylation is 1. The largest absolute Gasteiger partial charge is 0.317 e. The molecule has 0 aliphatic carbocycles. The van der Waals surface area contributed by atoms with Gasteiger partial charge in [0.1, 0.15) is 5.69 Å². The zero-order valence-electron chi connectivity index (χ0n) is 10.6. The molecule has 1 N–H and O–H groups in total. The number of thiophene rings is 1. The van der Waals surface area contributed by atoms with Gasteiger partial charge in [0.15, 0.2) is 23.3 Å². The first-order chi connectivity index (χ1) is 9.86. The molecule has 2 aromatic rings. The highest BCUT2D eigenvalue weighted by Gasteiger charge is 2.25. The Hall–Kier alpha value is -1.41. The number of rotatable bonds is 3. The Morgan fingerprint density at radius 3 is 2.24 bits per heavy atom. The van der Waals surface area contributed by atoms with Gasteiger partial charge < -0.3 is 5.32 Å². The Morgan fingerprint density at radius 2 is 1.76 bits per heavy atom. The number of halogens is 5. The van der Waals surface area contributed by atoms with Crippen LogP contribution in [0.2, 0.25) is 0 Å². The molecule has 0 bridgehead atoms. The first-order valence-corrected chi connectivity index (χ1v) is 7.44. The molecule has 8 heteroatoms. The number of carbonyl (C=O) groups excluding carboxylic acids is 1. The fourth-order valence-corrected chi connectivity index (χ4v) is 2.75. The third kappa shape index (κ3) is 2.96. The van der Waals surface area contributed by atoms with E-state index < -0.39 is 39.3 Å². The number of nitrogens with one attached hydrogen (secondary N) is 1. The van der Waals surface area contributed by atoms with Crippen molar-refractivity contribution in [1.82, 2.24) is 0 Å². The summed E-state index contributed by atoms with van der Waals surface area (Å²) in [5.41, 5.74) is -0.984. The second-order valence-electron chi connectivity index (χ2n) is 4.05.